The van der Waals surface area contributed by atoms with Crippen molar-refractivity contribution in [1.82, 2.24) is 25.2 Å². The van der Waals surface area contributed by atoms with Crippen molar-refractivity contribution in [2.24, 2.45) is 0 Å². The number of rotatable bonds is 8. The van der Waals surface area contributed by atoms with Gasteiger partial charge in [-0.2, -0.15) is 0 Å². The molecule has 34 heavy (non-hydrogen) atoms. The Kier molecular flexibility index (Phi) is 7.34. The molecule has 0 fully saturated rings. The smallest absolute Gasteiger partial charge is 0.249 e. The average Bonchev–Trinajstić information content (AvgIpc) is 3.23. The van der Waals surface area contributed by atoms with Crippen LogP contribution in [0.25, 0.3) is 10.9 Å². The van der Waals surface area contributed by atoms with Crippen LogP contribution < -0.4 is 15.5 Å². The van der Waals surface area contributed by atoms with E-state index in [-0.39, 0.29) is 5.91 Å². The van der Waals surface area contributed by atoms with Crippen LogP contribution in [-0.4, -0.2) is 65.4 Å². The van der Waals surface area contributed by atoms with Crippen LogP contribution in [0, 0.1) is 0 Å². The lowest BCUT2D eigenvalue weighted by atomic mass is 10.2. The van der Waals surface area contributed by atoms with Crippen molar-refractivity contribution in [3.05, 3.63) is 59.5 Å². The zero-order valence-electron chi connectivity index (χ0n) is 19.1. The predicted molar refractivity (Wildman–Crippen MR) is 133 cm³/mol. The minimum absolute atomic E-state index is 0.317. The van der Waals surface area contributed by atoms with Gasteiger partial charge in [-0.15, -0.1) is 0 Å². The summed E-state index contributed by atoms with van der Waals surface area (Å²) in [6, 6.07) is 7.58. The van der Waals surface area contributed by atoms with Crippen LogP contribution in [0.4, 0.5) is 17.3 Å². The number of carbonyl (C=O) groups is 2. The van der Waals surface area contributed by atoms with Crippen LogP contribution in [0.5, 0.6) is 0 Å². The Morgan fingerprint density at radius 2 is 1.97 bits per heavy atom. The monoisotopic (exact) mass is 479 g/mol. The number of benzene rings is 1. The molecular formula is C24H26ClN7O2. The number of aromatic nitrogens is 3. The first kappa shape index (κ1) is 23.6. The minimum atomic E-state index is -0.452. The molecule has 1 aromatic carbocycles. The molecule has 0 spiro atoms. The van der Waals surface area contributed by atoms with Gasteiger partial charge in [0.1, 0.15) is 18.0 Å². The number of nitrogens with zero attached hydrogens (tertiary/aromatic N) is 5. The van der Waals surface area contributed by atoms with Crippen molar-refractivity contribution >= 4 is 51.6 Å². The molecule has 10 heteroatoms. The fourth-order valence-corrected chi connectivity index (χ4v) is 3.95. The molecule has 0 atom stereocenters. The molecule has 4 rings (SSSR count). The SMILES string of the molecule is CN(C)CCCNC(=O)C=CC(=O)Nc1cc2c(N3CCc4ccc(Cl)cc43)ncnc2cn1. The first-order valence-electron chi connectivity index (χ1n) is 11.0. The third-order valence-corrected chi connectivity index (χ3v) is 5.65. The number of hydrogen-bond donors (Lipinski definition) is 2. The van der Waals surface area contributed by atoms with Gasteiger partial charge >= 0.3 is 0 Å². The van der Waals surface area contributed by atoms with E-state index in [2.05, 4.69) is 30.5 Å². The van der Waals surface area contributed by atoms with Gasteiger partial charge in [0, 0.05) is 41.3 Å². The second kappa shape index (κ2) is 10.6. The molecule has 0 unspecified atom stereocenters. The standard InChI is InChI=1S/C24H26ClN7O2/c1-31(2)10-3-9-26-22(33)6-7-23(34)30-21-13-18-19(14-27-21)28-15-29-24(18)32-11-8-16-4-5-17(25)12-20(16)32/h4-7,12-15H,3,8-11H2,1-2H3,(H,26,33)(H,27,30,34). The number of hydrogen-bond acceptors (Lipinski definition) is 7. The van der Waals surface area contributed by atoms with Crippen molar-refractivity contribution in [2.75, 3.05) is 43.9 Å². The highest BCUT2D eigenvalue weighted by molar-refractivity contribution is 6.31. The maximum atomic E-state index is 12.3. The molecule has 2 aromatic heterocycles. The number of pyridine rings is 1. The Bertz CT molecular complexity index is 1250. The average molecular weight is 480 g/mol. The molecule has 3 aromatic rings. The van der Waals surface area contributed by atoms with E-state index in [0.29, 0.717) is 22.9 Å². The maximum Gasteiger partial charge on any atom is 0.249 e. The van der Waals surface area contributed by atoms with Crippen molar-refractivity contribution in [3.63, 3.8) is 0 Å². The zero-order chi connectivity index (χ0) is 24.1. The quantitative estimate of drug-likeness (QED) is 0.378. The summed E-state index contributed by atoms with van der Waals surface area (Å²) in [7, 11) is 3.95. The van der Waals surface area contributed by atoms with Gasteiger partial charge < -0.3 is 20.4 Å². The van der Waals surface area contributed by atoms with Crippen LogP contribution in [0.2, 0.25) is 5.02 Å². The fourth-order valence-electron chi connectivity index (χ4n) is 3.79. The van der Waals surface area contributed by atoms with E-state index >= 15 is 0 Å². The summed E-state index contributed by atoms with van der Waals surface area (Å²) in [5.74, 6) is 0.293. The summed E-state index contributed by atoms with van der Waals surface area (Å²) in [6.07, 6.45) is 7.21. The van der Waals surface area contributed by atoms with Crippen LogP contribution in [0.15, 0.2) is 48.9 Å². The van der Waals surface area contributed by atoms with Crippen molar-refractivity contribution in [1.29, 1.82) is 0 Å². The summed E-state index contributed by atoms with van der Waals surface area (Å²) < 4.78 is 0. The summed E-state index contributed by atoms with van der Waals surface area (Å²) in [4.78, 5) is 41.5. The largest absolute Gasteiger partial charge is 0.353 e. The van der Waals surface area contributed by atoms with E-state index in [9.17, 15) is 9.59 Å². The molecule has 2 N–H and O–H groups in total. The van der Waals surface area contributed by atoms with Gasteiger partial charge in [-0.25, -0.2) is 15.0 Å². The van der Waals surface area contributed by atoms with Crippen LogP contribution in [0.1, 0.15) is 12.0 Å². The number of carbonyl (C=O) groups excluding carboxylic acids is 2. The minimum Gasteiger partial charge on any atom is -0.353 e. The Morgan fingerprint density at radius 3 is 2.79 bits per heavy atom. The molecule has 9 nitrogen and oxygen atoms in total. The molecule has 2 amide bonds. The molecule has 0 saturated carbocycles. The lowest BCUT2D eigenvalue weighted by Gasteiger charge is -2.20. The third kappa shape index (κ3) is 5.67. The van der Waals surface area contributed by atoms with Crippen LogP contribution >= 0.6 is 11.6 Å². The molecule has 1 aliphatic rings. The molecule has 0 saturated heterocycles. The number of fused-ring (bicyclic) bond motifs is 2. The molecule has 0 radical (unpaired) electrons. The van der Waals surface area contributed by atoms with E-state index in [1.54, 1.807) is 12.3 Å². The number of halogens is 1. The van der Waals surface area contributed by atoms with Crippen LogP contribution in [0.3, 0.4) is 0 Å². The number of nitrogens with one attached hydrogen (secondary N) is 2. The maximum absolute atomic E-state index is 12.3. The van der Waals surface area contributed by atoms with Crippen molar-refractivity contribution in [2.45, 2.75) is 12.8 Å². The summed E-state index contributed by atoms with van der Waals surface area (Å²) >= 11 is 6.22. The highest BCUT2D eigenvalue weighted by Gasteiger charge is 2.23. The van der Waals surface area contributed by atoms with Gasteiger partial charge in [0.25, 0.3) is 0 Å². The molecule has 0 aliphatic carbocycles. The highest BCUT2D eigenvalue weighted by Crippen LogP contribution is 2.38. The Labute approximate surface area is 202 Å². The first-order chi connectivity index (χ1) is 16.4. The second-order valence-corrected chi connectivity index (χ2v) is 8.67. The summed E-state index contributed by atoms with van der Waals surface area (Å²) in [5.41, 5.74) is 2.87. The first-order valence-corrected chi connectivity index (χ1v) is 11.4. The van der Waals surface area contributed by atoms with E-state index in [0.717, 1.165) is 42.8 Å². The Morgan fingerprint density at radius 1 is 1.15 bits per heavy atom. The predicted octanol–water partition coefficient (Wildman–Crippen LogP) is 2.94. The van der Waals surface area contributed by atoms with Gasteiger partial charge in [-0.05, 0) is 57.2 Å². The molecular weight excluding hydrogens is 454 g/mol. The zero-order valence-corrected chi connectivity index (χ0v) is 19.8. The third-order valence-electron chi connectivity index (χ3n) is 5.42. The Balaban J connectivity index is 1.46. The number of anilines is 3. The topological polar surface area (TPSA) is 103 Å². The summed E-state index contributed by atoms with van der Waals surface area (Å²) in [6.45, 7) is 2.18. The van der Waals surface area contributed by atoms with Gasteiger partial charge in [0.15, 0.2) is 0 Å². The van der Waals surface area contributed by atoms with E-state index < -0.39 is 5.91 Å². The second-order valence-electron chi connectivity index (χ2n) is 8.23. The molecule has 1 aliphatic heterocycles. The fraction of sp³-hybridized carbons (Fsp3) is 0.292. The lowest BCUT2D eigenvalue weighted by molar-refractivity contribution is -0.117. The van der Waals surface area contributed by atoms with Crippen LogP contribution in [-0.2, 0) is 16.0 Å². The normalized spacial score (nSPS) is 13.0. The van der Waals surface area contributed by atoms with Crippen molar-refractivity contribution < 1.29 is 9.59 Å². The van der Waals surface area contributed by atoms with Gasteiger partial charge in [-0.3, -0.25) is 9.59 Å². The molecule has 176 valence electrons. The van der Waals surface area contributed by atoms with Gasteiger partial charge in [0.2, 0.25) is 11.8 Å². The highest BCUT2D eigenvalue weighted by atomic mass is 35.5. The van der Waals surface area contributed by atoms with Gasteiger partial charge in [-0.1, -0.05) is 17.7 Å². The van der Waals surface area contributed by atoms with Gasteiger partial charge in [0.05, 0.1) is 11.7 Å². The lowest BCUT2D eigenvalue weighted by Crippen LogP contribution is -2.25. The van der Waals surface area contributed by atoms with Crippen molar-refractivity contribution in [3.8, 4) is 0 Å². The van der Waals surface area contributed by atoms with E-state index in [1.165, 1.54) is 24.0 Å². The number of amides is 2. The van der Waals surface area contributed by atoms with E-state index in [4.69, 9.17) is 11.6 Å². The van der Waals surface area contributed by atoms with E-state index in [1.807, 2.05) is 37.2 Å². The summed E-state index contributed by atoms with van der Waals surface area (Å²) in [5, 5.41) is 6.86. The Hall–Kier alpha value is -3.56. The molecule has 3 heterocycles. The molecule has 0 bridgehead atoms.